The Hall–Kier alpha value is -3.40. The molecule has 0 atom stereocenters. The van der Waals surface area contributed by atoms with Crippen molar-refractivity contribution < 1.29 is 22.5 Å². The van der Waals surface area contributed by atoms with Crippen LogP contribution in [0, 0.1) is 6.92 Å². The Kier molecular flexibility index (Phi) is 7.70. The fraction of sp³-hybridized carbons (Fsp3) is 0.348. The number of benzene rings is 2. The second-order valence-electron chi connectivity index (χ2n) is 7.74. The van der Waals surface area contributed by atoms with Crippen LogP contribution < -0.4 is 9.04 Å². The van der Waals surface area contributed by atoms with Crippen molar-refractivity contribution >= 4 is 21.6 Å². The van der Waals surface area contributed by atoms with E-state index in [1.165, 1.54) is 16.3 Å². The van der Waals surface area contributed by atoms with E-state index < -0.39 is 10.0 Å². The Labute approximate surface area is 194 Å². The summed E-state index contributed by atoms with van der Waals surface area (Å²) in [6.45, 7) is 2.31. The fourth-order valence-electron chi connectivity index (χ4n) is 3.30. The van der Waals surface area contributed by atoms with Crippen molar-refractivity contribution in [1.29, 1.82) is 0 Å². The Morgan fingerprint density at radius 2 is 1.82 bits per heavy atom. The van der Waals surface area contributed by atoms with Crippen LogP contribution in [0.3, 0.4) is 0 Å². The van der Waals surface area contributed by atoms with Crippen molar-refractivity contribution in [2.24, 2.45) is 0 Å². The summed E-state index contributed by atoms with van der Waals surface area (Å²) >= 11 is 0. The van der Waals surface area contributed by atoms with Crippen LogP contribution in [-0.2, 0) is 21.4 Å². The Balaban J connectivity index is 1.58. The maximum atomic E-state index is 12.6. The number of aromatic nitrogens is 2. The fourth-order valence-corrected chi connectivity index (χ4v) is 4.26. The lowest BCUT2D eigenvalue weighted by atomic mass is 10.1. The van der Waals surface area contributed by atoms with Gasteiger partial charge in [0.25, 0.3) is 0 Å². The lowest BCUT2D eigenvalue weighted by Gasteiger charge is -2.24. The lowest BCUT2D eigenvalue weighted by Crippen LogP contribution is -2.32. The quantitative estimate of drug-likeness (QED) is 0.446. The minimum Gasteiger partial charge on any atom is -0.495 e. The normalized spacial score (nSPS) is 11.3. The molecule has 176 valence electrons. The van der Waals surface area contributed by atoms with Crippen molar-refractivity contribution in [3.8, 4) is 17.1 Å². The van der Waals surface area contributed by atoms with Crippen LogP contribution in [0.5, 0.6) is 5.75 Å². The monoisotopic (exact) mass is 472 g/mol. The van der Waals surface area contributed by atoms with Gasteiger partial charge in [0, 0.05) is 25.6 Å². The van der Waals surface area contributed by atoms with E-state index in [1.807, 2.05) is 31.2 Å². The molecule has 0 N–H and O–H groups in total. The third-order valence-electron chi connectivity index (χ3n) is 5.08. The van der Waals surface area contributed by atoms with E-state index in [2.05, 4.69) is 10.1 Å². The molecule has 2 aromatic carbocycles. The molecule has 0 radical (unpaired) electrons. The summed E-state index contributed by atoms with van der Waals surface area (Å²) in [4.78, 5) is 18.4. The standard InChI is InChI=1S/C23H28N4O5S/c1-17-11-13-18(14-12-17)23-24-21(32-25-23)16-26(2)22(28)10-7-15-27(33(4,29)30)19-8-5-6-9-20(19)31-3/h5-6,8-9,11-14H,7,10,15-16H2,1-4H3. The summed E-state index contributed by atoms with van der Waals surface area (Å²) in [5.41, 5.74) is 2.41. The zero-order valence-corrected chi connectivity index (χ0v) is 20.0. The zero-order valence-electron chi connectivity index (χ0n) is 19.2. The second-order valence-corrected chi connectivity index (χ2v) is 9.64. The van der Waals surface area contributed by atoms with Crippen LogP contribution in [-0.4, -0.2) is 56.3 Å². The first-order valence-corrected chi connectivity index (χ1v) is 12.3. The van der Waals surface area contributed by atoms with Gasteiger partial charge in [-0.2, -0.15) is 4.98 Å². The van der Waals surface area contributed by atoms with E-state index in [0.717, 1.165) is 17.4 Å². The number of sulfonamides is 1. The van der Waals surface area contributed by atoms with Crippen molar-refractivity contribution in [3.05, 3.63) is 60.0 Å². The van der Waals surface area contributed by atoms with Crippen molar-refractivity contribution in [1.82, 2.24) is 15.0 Å². The maximum Gasteiger partial charge on any atom is 0.246 e. The highest BCUT2D eigenvalue weighted by molar-refractivity contribution is 7.92. The topological polar surface area (TPSA) is 106 Å². The number of hydrogen-bond donors (Lipinski definition) is 0. The van der Waals surface area contributed by atoms with Crippen LogP contribution in [0.4, 0.5) is 5.69 Å². The molecule has 10 heteroatoms. The van der Waals surface area contributed by atoms with Crippen molar-refractivity contribution in [2.75, 3.05) is 31.3 Å². The molecule has 0 bridgehead atoms. The zero-order chi connectivity index (χ0) is 24.0. The van der Waals surface area contributed by atoms with Gasteiger partial charge in [-0.25, -0.2) is 8.42 Å². The minimum absolute atomic E-state index is 0.150. The van der Waals surface area contributed by atoms with E-state index in [-0.39, 0.29) is 25.4 Å². The molecular formula is C23H28N4O5S. The summed E-state index contributed by atoms with van der Waals surface area (Å²) in [6, 6.07) is 14.6. The van der Waals surface area contributed by atoms with Crippen molar-refractivity contribution in [2.45, 2.75) is 26.3 Å². The Bertz CT molecular complexity index is 1190. The predicted molar refractivity (Wildman–Crippen MR) is 125 cm³/mol. The third-order valence-corrected chi connectivity index (χ3v) is 6.26. The van der Waals surface area contributed by atoms with Gasteiger partial charge in [-0.15, -0.1) is 0 Å². The van der Waals surface area contributed by atoms with Crippen molar-refractivity contribution in [3.63, 3.8) is 0 Å². The first-order valence-electron chi connectivity index (χ1n) is 10.4. The molecule has 0 aliphatic heterocycles. The number of para-hydroxylation sites is 2. The van der Waals surface area contributed by atoms with Gasteiger partial charge in [0.2, 0.25) is 27.6 Å². The molecule has 0 fully saturated rings. The van der Waals surface area contributed by atoms with Gasteiger partial charge in [0.1, 0.15) is 5.75 Å². The largest absolute Gasteiger partial charge is 0.495 e. The number of hydrogen-bond acceptors (Lipinski definition) is 7. The minimum atomic E-state index is -3.55. The number of anilines is 1. The van der Waals surface area contributed by atoms with E-state index in [4.69, 9.17) is 9.26 Å². The SMILES string of the molecule is COc1ccccc1N(CCCC(=O)N(C)Cc1nc(-c2ccc(C)cc2)no1)S(C)(=O)=O. The van der Waals surface area contributed by atoms with Gasteiger partial charge >= 0.3 is 0 Å². The molecular weight excluding hydrogens is 444 g/mol. The highest BCUT2D eigenvalue weighted by Crippen LogP contribution is 2.29. The molecule has 33 heavy (non-hydrogen) atoms. The molecule has 0 spiro atoms. The molecule has 0 unspecified atom stereocenters. The second kappa shape index (κ2) is 10.5. The van der Waals surface area contributed by atoms with Crippen LogP contribution in [0.1, 0.15) is 24.3 Å². The molecule has 0 saturated heterocycles. The first kappa shape index (κ1) is 24.2. The molecule has 3 aromatic rings. The number of methoxy groups -OCH3 is 1. The smallest absolute Gasteiger partial charge is 0.246 e. The van der Waals surface area contributed by atoms with Gasteiger partial charge < -0.3 is 14.2 Å². The number of rotatable bonds is 10. The molecule has 0 aliphatic carbocycles. The number of nitrogens with zero attached hydrogens (tertiary/aromatic N) is 4. The number of amides is 1. The van der Waals surface area contributed by atoms with Crippen LogP contribution >= 0.6 is 0 Å². The van der Waals surface area contributed by atoms with E-state index in [0.29, 0.717) is 29.6 Å². The Morgan fingerprint density at radius 3 is 2.48 bits per heavy atom. The van der Waals surface area contributed by atoms with Gasteiger partial charge in [-0.05, 0) is 25.5 Å². The molecule has 9 nitrogen and oxygen atoms in total. The van der Waals surface area contributed by atoms with Crippen LogP contribution in [0.2, 0.25) is 0 Å². The maximum absolute atomic E-state index is 12.6. The molecule has 0 aliphatic rings. The number of carbonyl (C=O) groups excluding carboxylic acids is 1. The van der Waals surface area contributed by atoms with Gasteiger partial charge in [0.05, 0.1) is 25.6 Å². The third kappa shape index (κ3) is 6.32. The summed E-state index contributed by atoms with van der Waals surface area (Å²) in [5, 5.41) is 3.98. The summed E-state index contributed by atoms with van der Waals surface area (Å²) < 4.78 is 36.5. The number of aryl methyl sites for hydroxylation is 1. The molecule has 1 aromatic heterocycles. The average molecular weight is 473 g/mol. The highest BCUT2D eigenvalue weighted by Gasteiger charge is 2.21. The molecule has 1 heterocycles. The molecule has 1 amide bonds. The predicted octanol–water partition coefficient (Wildman–Crippen LogP) is 3.26. The highest BCUT2D eigenvalue weighted by atomic mass is 32.2. The number of ether oxygens (including phenoxy) is 1. The molecule has 3 rings (SSSR count). The Morgan fingerprint density at radius 1 is 1.12 bits per heavy atom. The molecule has 0 saturated carbocycles. The summed E-state index contributed by atoms with van der Waals surface area (Å²) in [6.07, 6.45) is 1.64. The lowest BCUT2D eigenvalue weighted by molar-refractivity contribution is -0.130. The summed E-state index contributed by atoms with van der Waals surface area (Å²) in [5.74, 6) is 1.09. The van der Waals surface area contributed by atoms with E-state index in [9.17, 15) is 13.2 Å². The van der Waals surface area contributed by atoms with Crippen LogP contribution in [0.25, 0.3) is 11.4 Å². The van der Waals surface area contributed by atoms with E-state index in [1.54, 1.807) is 31.3 Å². The van der Waals surface area contributed by atoms with Crippen LogP contribution in [0.15, 0.2) is 53.1 Å². The first-order chi connectivity index (χ1) is 15.7. The van der Waals surface area contributed by atoms with Gasteiger partial charge in [-0.3, -0.25) is 9.10 Å². The van der Waals surface area contributed by atoms with E-state index >= 15 is 0 Å². The number of carbonyl (C=O) groups is 1. The average Bonchev–Trinajstić information content (AvgIpc) is 3.24. The van der Waals surface area contributed by atoms with Gasteiger partial charge in [-0.1, -0.05) is 47.1 Å². The summed E-state index contributed by atoms with van der Waals surface area (Å²) in [7, 11) is -0.417. The van der Waals surface area contributed by atoms with Gasteiger partial charge in [0.15, 0.2) is 0 Å².